The molecule has 0 aromatic carbocycles. The number of carbonyl (C=O) groups is 1. The van der Waals surface area contributed by atoms with Gasteiger partial charge in [0.15, 0.2) is 4.34 Å². The summed E-state index contributed by atoms with van der Waals surface area (Å²) in [6.45, 7) is 9.74. The third-order valence-corrected chi connectivity index (χ3v) is 5.48. The molecule has 1 amide bonds. The summed E-state index contributed by atoms with van der Waals surface area (Å²) in [5.41, 5.74) is -0.855. The second kappa shape index (κ2) is 10.5. The molecule has 1 aromatic heterocycles. The molecule has 9 heteroatoms. The number of nitrogens with one attached hydrogen (secondary N) is 2. The quantitative estimate of drug-likeness (QED) is 0.455. The van der Waals surface area contributed by atoms with Crippen LogP contribution < -0.4 is 10.6 Å². The lowest BCUT2D eigenvalue weighted by Crippen LogP contribution is -2.49. The molecule has 0 bridgehead atoms. The highest BCUT2D eigenvalue weighted by atomic mass is 32.2. The number of thioether (sulfide) groups is 1. The molecule has 0 aliphatic carbocycles. The van der Waals surface area contributed by atoms with Crippen molar-refractivity contribution in [1.29, 1.82) is 5.26 Å². The van der Waals surface area contributed by atoms with Crippen molar-refractivity contribution in [3.63, 3.8) is 0 Å². The lowest BCUT2D eigenvalue weighted by atomic mass is 9.90. The second-order valence-corrected chi connectivity index (χ2v) is 7.86. The van der Waals surface area contributed by atoms with Gasteiger partial charge in [-0.1, -0.05) is 36.9 Å². The zero-order chi connectivity index (χ0) is 18.0. The smallest absolute Gasteiger partial charge is 0.231 e. The Morgan fingerprint density at radius 3 is 2.88 bits per heavy atom. The molecule has 1 heterocycles. The van der Waals surface area contributed by atoms with Gasteiger partial charge in [-0.15, -0.1) is 10.2 Å². The molecule has 0 saturated carbocycles. The number of hydrogen-bond donors (Lipinski definition) is 2. The van der Waals surface area contributed by atoms with E-state index in [1.807, 2.05) is 20.8 Å². The lowest BCUT2D eigenvalue weighted by Gasteiger charge is -2.27. The number of aromatic nitrogens is 2. The zero-order valence-electron chi connectivity index (χ0n) is 14.6. The van der Waals surface area contributed by atoms with E-state index in [0.717, 1.165) is 35.7 Å². The van der Waals surface area contributed by atoms with Gasteiger partial charge in [0.2, 0.25) is 11.0 Å². The first-order valence-corrected chi connectivity index (χ1v) is 9.71. The third kappa shape index (κ3) is 7.03. The van der Waals surface area contributed by atoms with Crippen LogP contribution in [0.4, 0.5) is 5.13 Å². The largest absolute Gasteiger partial charge is 0.382 e. The predicted molar refractivity (Wildman–Crippen MR) is 97.2 cm³/mol. The van der Waals surface area contributed by atoms with E-state index < -0.39 is 5.54 Å². The first-order valence-electron chi connectivity index (χ1n) is 7.91. The molecule has 0 radical (unpaired) electrons. The minimum atomic E-state index is -0.855. The van der Waals surface area contributed by atoms with Gasteiger partial charge in [-0.25, -0.2) is 0 Å². The van der Waals surface area contributed by atoms with Crippen LogP contribution in [0.15, 0.2) is 4.34 Å². The van der Waals surface area contributed by atoms with Crippen LogP contribution in [0.2, 0.25) is 0 Å². The fourth-order valence-electron chi connectivity index (χ4n) is 1.61. The van der Waals surface area contributed by atoms with Gasteiger partial charge < -0.3 is 15.4 Å². The van der Waals surface area contributed by atoms with E-state index in [1.165, 1.54) is 23.1 Å². The van der Waals surface area contributed by atoms with E-state index >= 15 is 0 Å². The van der Waals surface area contributed by atoms with Gasteiger partial charge in [0, 0.05) is 19.8 Å². The summed E-state index contributed by atoms with van der Waals surface area (Å²) in [5, 5.41) is 24.0. The second-order valence-electron chi connectivity index (χ2n) is 5.66. The maximum Gasteiger partial charge on any atom is 0.231 e. The van der Waals surface area contributed by atoms with Gasteiger partial charge in [-0.2, -0.15) is 5.26 Å². The molecular formula is C15H25N5O2S2. The van der Waals surface area contributed by atoms with Crippen molar-refractivity contribution in [3.05, 3.63) is 0 Å². The van der Waals surface area contributed by atoms with Crippen LogP contribution in [-0.2, 0) is 9.53 Å². The number of ether oxygens (including phenoxy) is 1. The Morgan fingerprint density at radius 2 is 2.25 bits per heavy atom. The molecule has 1 unspecified atom stereocenters. The van der Waals surface area contributed by atoms with Crippen molar-refractivity contribution >= 4 is 34.1 Å². The normalized spacial score (nSPS) is 13.3. The summed E-state index contributed by atoms with van der Waals surface area (Å²) in [4.78, 5) is 12.0. The highest BCUT2D eigenvalue weighted by Crippen LogP contribution is 2.25. The average molecular weight is 372 g/mol. The number of hydrogen-bond acceptors (Lipinski definition) is 8. The van der Waals surface area contributed by atoms with Crippen LogP contribution in [0.1, 0.15) is 34.1 Å². The van der Waals surface area contributed by atoms with Gasteiger partial charge in [0.05, 0.1) is 11.8 Å². The first-order chi connectivity index (χ1) is 11.4. The SMILES string of the molecule is CCOCCCNc1nnc(SCC(=O)NC(C)(C#N)C(C)C)s1. The van der Waals surface area contributed by atoms with Crippen molar-refractivity contribution in [2.75, 3.05) is 30.8 Å². The number of nitrogens with zero attached hydrogens (tertiary/aromatic N) is 3. The van der Waals surface area contributed by atoms with Gasteiger partial charge in [0.25, 0.3) is 0 Å². The lowest BCUT2D eigenvalue weighted by molar-refractivity contribution is -0.120. The minimum Gasteiger partial charge on any atom is -0.382 e. The number of carbonyl (C=O) groups excluding carboxylic acids is 1. The molecule has 0 aliphatic rings. The Hall–Kier alpha value is -1.37. The summed E-state index contributed by atoms with van der Waals surface area (Å²) in [5.74, 6) is 0.0628. The van der Waals surface area contributed by atoms with Gasteiger partial charge >= 0.3 is 0 Å². The van der Waals surface area contributed by atoms with E-state index in [9.17, 15) is 10.1 Å². The Morgan fingerprint density at radius 1 is 1.50 bits per heavy atom. The standard InChI is InChI=1S/C15H25N5O2S2/c1-5-22-8-6-7-17-13-19-20-14(24-13)23-9-12(21)18-15(4,10-16)11(2)3/h11H,5-9H2,1-4H3,(H,17,19)(H,18,21). The predicted octanol–water partition coefficient (Wildman–Crippen LogP) is 2.52. The number of nitriles is 1. The third-order valence-electron chi connectivity index (χ3n) is 3.47. The molecule has 1 atom stereocenters. The van der Waals surface area contributed by atoms with Crippen LogP contribution in [0.25, 0.3) is 0 Å². The summed E-state index contributed by atoms with van der Waals surface area (Å²) in [6, 6.07) is 2.16. The number of rotatable bonds is 11. The van der Waals surface area contributed by atoms with E-state index in [0.29, 0.717) is 0 Å². The maximum absolute atomic E-state index is 12.0. The Balaban J connectivity index is 2.35. The highest BCUT2D eigenvalue weighted by molar-refractivity contribution is 8.01. The van der Waals surface area contributed by atoms with Gasteiger partial charge in [-0.05, 0) is 26.2 Å². The molecule has 1 aromatic rings. The molecule has 24 heavy (non-hydrogen) atoms. The summed E-state index contributed by atoms with van der Waals surface area (Å²) in [6.07, 6.45) is 0.903. The van der Waals surface area contributed by atoms with Crippen LogP contribution >= 0.6 is 23.1 Å². The maximum atomic E-state index is 12.0. The first kappa shape index (κ1) is 20.7. The highest BCUT2D eigenvalue weighted by Gasteiger charge is 2.29. The minimum absolute atomic E-state index is 0.0328. The number of anilines is 1. The van der Waals surface area contributed by atoms with Gasteiger partial charge in [0.1, 0.15) is 5.54 Å². The van der Waals surface area contributed by atoms with Crippen molar-refractivity contribution < 1.29 is 9.53 Å². The Bertz CT molecular complexity index is 558. The molecule has 0 fully saturated rings. The fraction of sp³-hybridized carbons (Fsp3) is 0.733. The van der Waals surface area contributed by atoms with Crippen molar-refractivity contribution in [3.8, 4) is 6.07 Å². The summed E-state index contributed by atoms with van der Waals surface area (Å²) >= 11 is 2.73. The molecule has 0 spiro atoms. The molecule has 0 aliphatic heterocycles. The monoisotopic (exact) mass is 371 g/mol. The molecule has 134 valence electrons. The van der Waals surface area contributed by atoms with Crippen molar-refractivity contribution in [1.82, 2.24) is 15.5 Å². The molecule has 7 nitrogen and oxygen atoms in total. The van der Waals surface area contributed by atoms with Crippen molar-refractivity contribution in [2.45, 2.75) is 44.0 Å². The summed E-state index contributed by atoms with van der Waals surface area (Å²) < 4.78 is 5.99. The average Bonchev–Trinajstić information content (AvgIpc) is 3.00. The van der Waals surface area contributed by atoms with E-state index in [2.05, 4.69) is 26.9 Å². The van der Waals surface area contributed by atoms with Crippen molar-refractivity contribution in [2.24, 2.45) is 5.92 Å². The molecular weight excluding hydrogens is 346 g/mol. The van der Waals surface area contributed by atoms with E-state index in [1.54, 1.807) is 6.92 Å². The fourth-order valence-corrected chi connectivity index (χ4v) is 3.19. The Kier molecular flexibility index (Phi) is 9.03. The van der Waals surface area contributed by atoms with Crippen LogP contribution in [0, 0.1) is 17.2 Å². The Labute approximate surface area is 151 Å². The topological polar surface area (TPSA) is 99.9 Å². The van der Waals surface area contributed by atoms with Crippen LogP contribution in [0.5, 0.6) is 0 Å². The van der Waals surface area contributed by atoms with Crippen LogP contribution in [0.3, 0.4) is 0 Å². The van der Waals surface area contributed by atoms with E-state index in [4.69, 9.17) is 4.74 Å². The summed E-state index contributed by atoms with van der Waals surface area (Å²) in [7, 11) is 0. The molecule has 1 rings (SSSR count). The zero-order valence-corrected chi connectivity index (χ0v) is 16.2. The van der Waals surface area contributed by atoms with E-state index in [-0.39, 0.29) is 17.6 Å². The van der Waals surface area contributed by atoms with Crippen LogP contribution in [-0.4, -0.2) is 47.2 Å². The molecule has 2 N–H and O–H groups in total. The van der Waals surface area contributed by atoms with Gasteiger partial charge in [-0.3, -0.25) is 4.79 Å². The molecule has 0 saturated heterocycles. The number of amides is 1.